The highest BCUT2D eigenvalue weighted by Gasteiger charge is 2.23. The molecule has 0 aliphatic carbocycles. The van der Waals surface area contributed by atoms with E-state index in [1.54, 1.807) is 6.20 Å². The van der Waals surface area contributed by atoms with E-state index in [2.05, 4.69) is 24.3 Å². The lowest BCUT2D eigenvalue weighted by Gasteiger charge is -2.32. The average molecular weight is 354 g/mol. The Hall–Kier alpha value is -2.56. The van der Waals surface area contributed by atoms with Gasteiger partial charge in [-0.05, 0) is 37.7 Å². The number of carbonyl (C=O) groups excluding carboxylic acids is 1. The molecule has 1 aromatic heterocycles. The van der Waals surface area contributed by atoms with E-state index in [1.165, 1.54) is 11.6 Å². The van der Waals surface area contributed by atoms with Crippen molar-refractivity contribution in [2.24, 2.45) is 13.0 Å². The van der Waals surface area contributed by atoms with E-state index in [1.807, 2.05) is 29.5 Å². The van der Waals surface area contributed by atoms with E-state index in [-0.39, 0.29) is 23.7 Å². The van der Waals surface area contributed by atoms with Crippen molar-refractivity contribution < 1.29 is 9.53 Å². The predicted molar refractivity (Wildman–Crippen MR) is 101 cm³/mol. The predicted octanol–water partition coefficient (Wildman–Crippen LogP) is 2.55. The SMILES string of the molecule is Cc1cc(=O)c(OCC(=O)N2CCC(Cc3ccccc3)CC2)cn1C. The summed E-state index contributed by atoms with van der Waals surface area (Å²) in [7, 11) is 1.85. The van der Waals surface area contributed by atoms with Crippen LogP contribution in [0, 0.1) is 12.8 Å². The first kappa shape index (κ1) is 18.2. The number of hydrogen-bond acceptors (Lipinski definition) is 3. The molecule has 0 atom stereocenters. The van der Waals surface area contributed by atoms with Crippen LogP contribution in [-0.4, -0.2) is 35.1 Å². The lowest BCUT2D eigenvalue weighted by atomic mass is 9.90. The molecule has 0 unspecified atom stereocenters. The number of piperidine rings is 1. The molecule has 26 heavy (non-hydrogen) atoms. The van der Waals surface area contributed by atoms with Gasteiger partial charge in [0.1, 0.15) is 0 Å². The molecule has 1 amide bonds. The molecule has 0 bridgehead atoms. The third-order valence-corrected chi connectivity index (χ3v) is 5.14. The standard InChI is InChI=1S/C21H26N2O3/c1-16-12-19(24)20(14-22(16)2)26-15-21(25)23-10-8-18(9-11-23)13-17-6-4-3-5-7-17/h3-7,12,14,18H,8-11,13,15H2,1-2H3. The van der Waals surface area contributed by atoms with Crippen LogP contribution in [0.25, 0.3) is 0 Å². The highest BCUT2D eigenvalue weighted by atomic mass is 16.5. The van der Waals surface area contributed by atoms with Crippen LogP contribution in [0.2, 0.25) is 0 Å². The van der Waals surface area contributed by atoms with Crippen LogP contribution in [0.4, 0.5) is 0 Å². The number of ether oxygens (including phenoxy) is 1. The second-order valence-electron chi connectivity index (χ2n) is 7.06. The number of aryl methyl sites for hydroxylation is 2. The van der Waals surface area contributed by atoms with Crippen LogP contribution in [0.5, 0.6) is 5.75 Å². The van der Waals surface area contributed by atoms with E-state index in [0.717, 1.165) is 38.0 Å². The van der Waals surface area contributed by atoms with Crippen LogP contribution in [0.1, 0.15) is 24.1 Å². The number of amides is 1. The summed E-state index contributed by atoms with van der Waals surface area (Å²) in [6.07, 6.45) is 4.72. The lowest BCUT2D eigenvalue weighted by Crippen LogP contribution is -2.41. The molecule has 1 saturated heterocycles. The first-order valence-corrected chi connectivity index (χ1v) is 9.14. The van der Waals surface area contributed by atoms with Gasteiger partial charge in [0.2, 0.25) is 5.43 Å². The van der Waals surface area contributed by atoms with Gasteiger partial charge in [0.25, 0.3) is 5.91 Å². The van der Waals surface area contributed by atoms with Crippen molar-refractivity contribution in [3.05, 3.63) is 64.1 Å². The van der Waals surface area contributed by atoms with Crippen molar-refractivity contribution in [3.63, 3.8) is 0 Å². The van der Waals surface area contributed by atoms with Gasteiger partial charge in [-0.15, -0.1) is 0 Å². The summed E-state index contributed by atoms with van der Waals surface area (Å²) in [6.45, 7) is 3.29. The van der Waals surface area contributed by atoms with Gasteiger partial charge in [-0.25, -0.2) is 0 Å². The summed E-state index contributed by atoms with van der Waals surface area (Å²) in [6, 6.07) is 12.0. The second-order valence-corrected chi connectivity index (χ2v) is 7.06. The van der Waals surface area contributed by atoms with Gasteiger partial charge in [-0.3, -0.25) is 9.59 Å². The Morgan fingerprint density at radius 3 is 2.58 bits per heavy atom. The first-order valence-electron chi connectivity index (χ1n) is 9.14. The van der Waals surface area contributed by atoms with E-state index >= 15 is 0 Å². The van der Waals surface area contributed by atoms with Crippen LogP contribution in [0.3, 0.4) is 0 Å². The summed E-state index contributed by atoms with van der Waals surface area (Å²) in [4.78, 5) is 26.2. The number of nitrogens with zero attached hydrogens (tertiary/aromatic N) is 2. The molecule has 1 aliphatic rings. The molecular weight excluding hydrogens is 328 g/mol. The number of likely N-dealkylation sites (tertiary alicyclic amines) is 1. The number of benzene rings is 1. The molecule has 2 heterocycles. The maximum atomic E-state index is 12.4. The van der Waals surface area contributed by atoms with Gasteiger partial charge in [-0.1, -0.05) is 30.3 Å². The van der Waals surface area contributed by atoms with Crippen molar-refractivity contribution in [2.45, 2.75) is 26.2 Å². The minimum atomic E-state index is -0.185. The van der Waals surface area contributed by atoms with Crippen molar-refractivity contribution in [1.82, 2.24) is 9.47 Å². The fraction of sp³-hybridized carbons (Fsp3) is 0.429. The Morgan fingerprint density at radius 1 is 1.19 bits per heavy atom. The zero-order valence-electron chi connectivity index (χ0n) is 15.5. The fourth-order valence-electron chi connectivity index (χ4n) is 3.38. The summed E-state index contributed by atoms with van der Waals surface area (Å²) < 4.78 is 7.30. The summed E-state index contributed by atoms with van der Waals surface area (Å²) in [5.74, 6) is 0.794. The fourth-order valence-corrected chi connectivity index (χ4v) is 3.38. The first-order chi connectivity index (χ1) is 12.5. The van der Waals surface area contributed by atoms with E-state index in [4.69, 9.17) is 4.74 Å². The average Bonchev–Trinajstić information content (AvgIpc) is 2.65. The monoisotopic (exact) mass is 354 g/mol. The molecule has 1 aromatic carbocycles. The molecule has 5 nitrogen and oxygen atoms in total. The molecule has 0 saturated carbocycles. The van der Waals surface area contributed by atoms with Gasteiger partial charge >= 0.3 is 0 Å². The van der Waals surface area contributed by atoms with Gasteiger partial charge < -0.3 is 14.2 Å². The van der Waals surface area contributed by atoms with E-state index < -0.39 is 0 Å². The maximum absolute atomic E-state index is 12.4. The number of pyridine rings is 1. The zero-order valence-corrected chi connectivity index (χ0v) is 15.5. The topological polar surface area (TPSA) is 51.5 Å². The molecule has 1 aliphatic heterocycles. The Morgan fingerprint density at radius 2 is 1.88 bits per heavy atom. The highest BCUT2D eigenvalue weighted by molar-refractivity contribution is 5.77. The third kappa shape index (κ3) is 4.54. The Kier molecular flexibility index (Phi) is 5.76. The van der Waals surface area contributed by atoms with Crippen LogP contribution >= 0.6 is 0 Å². The molecule has 0 spiro atoms. The number of aromatic nitrogens is 1. The van der Waals surface area contributed by atoms with Crippen molar-refractivity contribution in [2.75, 3.05) is 19.7 Å². The maximum Gasteiger partial charge on any atom is 0.260 e. The minimum Gasteiger partial charge on any atom is -0.478 e. The van der Waals surface area contributed by atoms with Gasteiger partial charge in [0.05, 0.1) is 0 Å². The highest BCUT2D eigenvalue weighted by Crippen LogP contribution is 2.21. The van der Waals surface area contributed by atoms with Crippen molar-refractivity contribution in [1.29, 1.82) is 0 Å². The summed E-state index contributed by atoms with van der Waals surface area (Å²) in [5.41, 5.74) is 2.03. The molecule has 138 valence electrons. The van der Waals surface area contributed by atoms with Crippen LogP contribution in [-0.2, 0) is 18.3 Å². The van der Waals surface area contributed by atoms with E-state index in [0.29, 0.717) is 5.92 Å². The molecule has 0 N–H and O–H groups in total. The number of rotatable bonds is 5. The van der Waals surface area contributed by atoms with Crippen LogP contribution < -0.4 is 10.2 Å². The van der Waals surface area contributed by atoms with Gasteiger partial charge in [-0.2, -0.15) is 0 Å². The zero-order chi connectivity index (χ0) is 18.5. The molecule has 2 aromatic rings. The Labute approximate surface area is 154 Å². The molecule has 3 rings (SSSR count). The summed E-state index contributed by atoms with van der Waals surface area (Å²) in [5, 5.41) is 0. The molecule has 0 radical (unpaired) electrons. The number of hydrogen-bond donors (Lipinski definition) is 0. The quantitative estimate of drug-likeness (QED) is 0.829. The normalized spacial score (nSPS) is 15.1. The minimum absolute atomic E-state index is 0.0502. The molecule has 5 heteroatoms. The summed E-state index contributed by atoms with van der Waals surface area (Å²) >= 11 is 0. The van der Waals surface area contributed by atoms with E-state index in [9.17, 15) is 9.59 Å². The largest absolute Gasteiger partial charge is 0.478 e. The number of carbonyl (C=O) groups is 1. The second kappa shape index (κ2) is 8.21. The third-order valence-electron chi connectivity index (χ3n) is 5.14. The van der Waals surface area contributed by atoms with Crippen molar-refractivity contribution in [3.8, 4) is 5.75 Å². The Bertz CT molecular complexity index is 806. The lowest BCUT2D eigenvalue weighted by molar-refractivity contribution is -0.134. The Balaban J connectivity index is 1.48. The molecular formula is C21H26N2O3. The molecule has 1 fully saturated rings. The van der Waals surface area contributed by atoms with Gasteiger partial charge in [0.15, 0.2) is 12.4 Å². The smallest absolute Gasteiger partial charge is 0.260 e. The van der Waals surface area contributed by atoms with Crippen LogP contribution in [0.15, 0.2) is 47.4 Å². The van der Waals surface area contributed by atoms with Gasteiger partial charge in [0, 0.05) is 38.1 Å². The van der Waals surface area contributed by atoms with Crippen molar-refractivity contribution >= 4 is 5.91 Å².